The van der Waals surface area contributed by atoms with Gasteiger partial charge in [-0.05, 0) is 30.5 Å². The van der Waals surface area contributed by atoms with Crippen LogP contribution in [0, 0.1) is 0 Å². The van der Waals surface area contributed by atoms with Crippen LogP contribution in [-0.4, -0.2) is 23.4 Å². The molecule has 0 saturated carbocycles. The van der Waals surface area contributed by atoms with E-state index in [9.17, 15) is 0 Å². The van der Waals surface area contributed by atoms with Gasteiger partial charge in [0.25, 0.3) is 0 Å². The minimum absolute atomic E-state index is 1.05. The summed E-state index contributed by atoms with van der Waals surface area (Å²) < 4.78 is 2.63. The summed E-state index contributed by atoms with van der Waals surface area (Å²) in [5, 5.41) is 0. The topological polar surface area (TPSA) is 6.25 Å². The van der Waals surface area contributed by atoms with Gasteiger partial charge in [-0.25, -0.2) is 0 Å². The first-order chi connectivity index (χ1) is 28.3. The summed E-state index contributed by atoms with van der Waals surface area (Å²) in [6.07, 6.45) is 54.8. The molecule has 2 heteroatoms. The third-order valence-electron chi connectivity index (χ3n) is 13.0. The van der Waals surface area contributed by atoms with Gasteiger partial charge in [0, 0.05) is 48.5 Å². The number of para-hydroxylation sites is 2. The quantitative estimate of drug-likeness (QED) is 0.0493. The molecular formula is C55H89N2+. The molecule has 2 aromatic carbocycles. The van der Waals surface area contributed by atoms with E-state index in [0.717, 1.165) is 25.9 Å². The van der Waals surface area contributed by atoms with Crippen molar-refractivity contribution in [2.45, 2.75) is 232 Å². The van der Waals surface area contributed by atoms with E-state index in [1.54, 1.807) is 0 Å². The first-order valence-electron chi connectivity index (χ1n) is 25.3. The lowest BCUT2D eigenvalue weighted by Crippen LogP contribution is -2.20. The van der Waals surface area contributed by atoms with E-state index in [-0.39, 0.29) is 0 Å². The summed E-state index contributed by atoms with van der Waals surface area (Å²) in [6.45, 7) is 6.90. The van der Waals surface area contributed by atoms with Crippen molar-refractivity contribution >= 4 is 17.1 Å². The molecule has 4 rings (SSSR count). The van der Waals surface area contributed by atoms with Gasteiger partial charge in [-0.2, -0.15) is 4.58 Å². The molecule has 0 aliphatic carbocycles. The highest BCUT2D eigenvalue weighted by Gasteiger charge is 2.27. The SMILES string of the molecule is CCCCCCCCCCCCCCCCCCN1/C(=C/C=C/C2=[N+](CCCCCCCCCCCCCCCCCC)c3ccccc3C2)Cc2ccccc21. The molecule has 2 aliphatic heterocycles. The molecule has 0 saturated heterocycles. The number of anilines is 1. The molecular weight excluding hydrogens is 689 g/mol. The van der Waals surface area contributed by atoms with Gasteiger partial charge >= 0.3 is 0 Å². The molecule has 2 nitrogen and oxygen atoms in total. The molecule has 2 aliphatic rings. The fourth-order valence-electron chi connectivity index (χ4n) is 9.47. The molecule has 0 unspecified atom stereocenters. The van der Waals surface area contributed by atoms with Gasteiger partial charge in [0.2, 0.25) is 5.69 Å². The highest BCUT2D eigenvalue weighted by Crippen LogP contribution is 2.35. The van der Waals surface area contributed by atoms with E-state index in [0.29, 0.717) is 0 Å². The molecule has 57 heavy (non-hydrogen) atoms. The van der Waals surface area contributed by atoms with Crippen LogP contribution in [0.4, 0.5) is 11.4 Å². The van der Waals surface area contributed by atoms with Crippen LogP contribution in [0.1, 0.15) is 230 Å². The zero-order valence-corrected chi connectivity index (χ0v) is 37.7. The predicted octanol–water partition coefficient (Wildman–Crippen LogP) is 17.4. The number of allylic oxidation sites excluding steroid dienone is 4. The van der Waals surface area contributed by atoms with Crippen LogP contribution >= 0.6 is 0 Å². The van der Waals surface area contributed by atoms with Gasteiger partial charge in [-0.1, -0.05) is 243 Å². The summed E-state index contributed by atoms with van der Waals surface area (Å²) in [7, 11) is 0. The van der Waals surface area contributed by atoms with Crippen LogP contribution in [0.15, 0.2) is 72.5 Å². The third-order valence-corrected chi connectivity index (χ3v) is 13.0. The molecule has 318 valence electrons. The van der Waals surface area contributed by atoms with Crippen LogP contribution in [0.3, 0.4) is 0 Å². The van der Waals surface area contributed by atoms with Gasteiger partial charge in [0.1, 0.15) is 6.54 Å². The number of nitrogens with zero attached hydrogens (tertiary/aromatic N) is 2. The molecule has 0 atom stereocenters. The summed E-state index contributed by atoms with van der Waals surface area (Å²) in [6, 6.07) is 18.2. The van der Waals surface area contributed by atoms with Crippen LogP contribution in [0.2, 0.25) is 0 Å². The fourth-order valence-corrected chi connectivity index (χ4v) is 9.47. The van der Waals surface area contributed by atoms with E-state index >= 15 is 0 Å². The Kier molecular flexibility index (Phi) is 25.9. The van der Waals surface area contributed by atoms with Crippen molar-refractivity contribution in [3.05, 3.63) is 83.6 Å². The molecule has 0 amide bonds. The lowest BCUT2D eigenvalue weighted by Gasteiger charge is -2.21. The molecule has 0 fully saturated rings. The Hall–Kier alpha value is -2.61. The molecule has 0 radical (unpaired) electrons. The van der Waals surface area contributed by atoms with Crippen molar-refractivity contribution in [3.8, 4) is 0 Å². The van der Waals surface area contributed by atoms with E-state index < -0.39 is 0 Å². The Balaban J connectivity index is 1.12. The number of rotatable bonds is 36. The summed E-state index contributed by atoms with van der Waals surface area (Å²) in [5.74, 6) is 0. The van der Waals surface area contributed by atoms with E-state index in [1.807, 2.05) is 0 Å². The van der Waals surface area contributed by atoms with Crippen molar-refractivity contribution in [2.24, 2.45) is 0 Å². The number of fused-ring (bicyclic) bond motifs is 2. The molecule has 0 spiro atoms. The van der Waals surface area contributed by atoms with Gasteiger partial charge in [0.05, 0.1) is 6.42 Å². The second-order valence-electron chi connectivity index (χ2n) is 18.0. The molecule has 0 aromatic heterocycles. The Bertz CT molecular complexity index is 1400. The molecule has 0 bridgehead atoms. The van der Waals surface area contributed by atoms with Crippen LogP contribution < -0.4 is 4.90 Å². The lowest BCUT2D eigenvalue weighted by atomic mass is 10.0. The number of unbranched alkanes of at least 4 members (excludes halogenated alkanes) is 30. The first-order valence-corrected chi connectivity index (χ1v) is 25.3. The normalized spacial score (nSPS) is 14.5. The zero-order valence-electron chi connectivity index (χ0n) is 37.7. The van der Waals surface area contributed by atoms with Crippen molar-refractivity contribution in [1.29, 1.82) is 0 Å². The standard InChI is InChI=1S/C55H89N2/c1-3-5-7-9-11-13-15-17-19-21-23-25-27-29-31-37-46-56-52(48-50-40-33-35-44-54(50)56)42-39-43-53-49-51-41-34-36-45-55(51)57(53)47-38-32-30-28-26-24-22-20-18-16-14-12-10-8-6-4-2/h33-36,39-45H,3-32,37-38,46-49H2,1-2H3/q+1. The Morgan fingerprint density at radius 1 is 0.456 bits per heavy atom. The van der Waals surface area contributed by atoms with Crippen molar-refractivity contribution < 1.29 is 4.58 Å². The molecule has 0 N–H and O–H groups in total. The van der Waals surface area contributed by atoms with Crippen molar-refractivity contribution in [1.82, 2.24) is 0 Å². The summed E-state index contributed by atoms with van der Waals surface area (Å²) >= 11 is 0. The first kappa shape index (κ1) is 47.1. The minimum Gasteiger partial charge on any atom is -0.345 e. The van der Waals surface area contributed by atoms with Crippen LogP contribution in [0.5, 0.6) is 0 Å². The highest BCUT2D eigenvalue weighted by molar-refractivity contribution is 5.96. The van der Waals surface area contributed by atoms with Crippen molar-refractivity contribution in [3.63, 3.8) is 0 Å². The molecule has 2 heterocycles. The number of hydrogen-bond donors (Lipinski definition) is 0. The Labute approximate surface area is 354 Å². The lowest BCUT2D eigenvalue weighted by molar-refractivity contribution is -0.437. The number of benzene rings is 2. The average molecular weight is 778 g/mol. The van der Waals surface area contributed by atoms with Crippen molar-refractivity contribution in [2.75, 3.05) is 18.0 Å². The zero-order chi connectivity index (χ0) is 39.9. The minimum atomic E-state index is 1.05. The summed E-state index contributed by atoms with van der Waals surface area (Å²) in [4.78, 5) is 2.63. The summed E-state index contributed by atoms with van der Waals surface area (Å²) in [5.41, 5.74) is 8.77. The van der Waals surface area contributed by atoms with Crippen LogP contribution in [0.25, 0.3) is 0 Å². The predicted molar refractivity (Wildman–Crippen MR) is 254 cm³/mol. The second kappa shape index (κ2) is 31.3. The van der Waals surface area contributed by atoms with Gasteiger partial charge in [-0.15, -0.1) is 0 Å². The van der Waals surface area contributed by atoms with Gasteiger partial charge < -0.3 is 4.90 Å². The maximum absolute atomic E-state index is 2.63. The average Bonchev–Trinajstić information content (AvgIpc) is 3.77. The van der Waals surface area contributed by atoms with E-state index in [4.69, 9.17) is 0 Å². The van der Waals surface area contributed by atoms with Crippen LogP contribution in [-0.2, 0) is 12.8 Å². The van der Waals surface area contributed by atoms with Gasteiger partial charge in [0.15, 0.2) is 5.71 Å². The Morgan fingerprint density at radius 2 is 0.877 bits per heavy atom. The second-order valence-corrected chi connectivity index (χ2v) is 18.0. The van der Waals surface area contributed by atoms with E-state index in [2.05, 4.69) is 90.1 Å². The monoisotopic (exact) mass is 778 g/mol. The Morgan fingerprint density at radius 3 is 1.39 bits per heavy atom. The molecule has 2 aromatic rings. The third kappa shape index (κ3) is 19.3. The highest BCUT2D eigenvalue weighted by atomic mass is 15.2. The maximum Gasteiger partial charge on any atom is 0.209 e. The number of hydrogen-bond acceptors (Lipinski definition) is 1. The fraction of sp³-hybridized carbons (Fsp3) is 0.691. The maximum atomic E-state index is 2.63. The smallest absolute Gasteiger partial charge is 0.209 e. The van der Waals surface area contributed by atoms with E-state index in [1.165, 1.54) is 239 Å². The largest absolute Gasteiger partial charge is 0.345 e. The van der Waals surface area contributed by atoms with Gasteiger partial charge in [-0.3, -0.25) is 0 Å².